The largest absolute Gasteiger partial charge is 0.382 e. The molecule has 1 N–H and O–H groups in total. The molecule has 0 aromatic carbocycles. The van der Waals surface area contributed by atoms with Crippen molar-refractivity contribution in [2.24, 2.45) is 0 Å². The normalized spacial score (nSPS) is 34.1. The zero-order chi connectivity index (χ0) is 7.40. The van der Waals surface area contributed by atoms with Crippen molar-refractivity contribution in [3.8, 4) is 0 Å². The molecule has 2 radical (unpaired) electrons. The summed E-state index contributed by atoms with van der Waals surface area (Å²) in [7, 11) is 7.17. The number of hydrogen-bond donors (Lipinski definition) is 1. The SMILES string of the molecule is [B][C@H]1CNC[C@@H](COC)O1. The zero-order valence-corrected chi connectivity index (χ0v) is 6.17. The molecule has 0 aliphatic carbocycles. The molecule has 56 valence electrons. The standard InChI is InChI=1S/C6H12BNO2/c1-9-4-5-2-8-3-6(7)10-5/h5-6,8H,2-4H2,1H3/t5-,6+/m0/s1. The molecule has 0 bridgehead atoms. The first kappa shape index (κ1) is 8.05. The first-order valence-corrected chi connectivity index (χ1v) is 3.43. The maximum atomic E-state index is 5.52. The van der Waals surface area contributed by atoms with Crippen LogP contribution in [0.4, 0.5) is 0 Å². The summed E-state index contributed by atoms with van der Waals surface area (Å²) in [4.78, 5) is 0. The van der Waals surface area contributed by atoms with Gasteiger partial charge in [0, 0.05) is 26.2 Å². The third-order valence-electron chi connectivity index (χ3n) is 1.44. The minimum atomic E-state index is -0.172. The smallest absolute Gasteiger partial charge is 0.110 e. The third kappa shape index (κ3) is 2.29. The molecule has 1 fully saturated rings. The molecule has 0 aromatic heterocycles. The molecular formula is C6H12BNO2. The fourth-order valence-corrected chi connectivity index (χ4v) is 1.01. The molecule has 1 heterocycles. The highest BCUT2D eigenvalue weighted by Crippen LogP contribution is 2.00. The maximum Gasteiger partial charge on any atom is 0.110 e. The van der Waals surface area contributed by atoms with E-state index in [2.05, 4.69) is 5.32 Å². The molecule has 1 rings (SSSR count). The Balaban J connectivity index is 2.18. The Bertz CT molecular complexity index is 99.7. The third-order valence-corrected chi connectivity index (χ3v) is 1.44. The van der Waals surface area contributed by atoms with E-state index in [1.165, 1.54) is 0 Å². The van der Waals surface area contributed by atoms with Crippen molar-refractivity contribution >= 4 is 7.85 Å². The van der Waals surface area contributed by atoms with Crippen LogP contribution in [0.15, 0.2) is 0 Å². The minimum absolute atomic E-state index is 0.119. The van der Waals surface area contributed by atoms with Gasteiger partial charge in [-0.05, 0) is 0 Å². The van der Waals surface area contributed by atoms with Crippen molar-refractivity contribution in [1.29, 1.82) is 0 Å². The quantitative estimate of drug-likeness (QED) is 0.506. The molecule has 0 unspecified atom stereocenters. The Hall–Kier alpha value is -0.0551. The lowest BCUT2D eigenvalue weighted by Gasteiger charge is -2.28. The van der Waals surface area contributed by atoms with Crippen molar-refractivity contribution in [2.75, 3.05) is 26.8 Å². The van der Waals surface area contributed by atoms with Gasteiger partial charge >= 0.3 is 0 Å². The average molecular weight is 141 g/mol. The number of ether oxygens (including phenoxy) is 2. The number of nitrogens with one attached hydrogen (secondary N) is 1. The molecule has 0 aromatic rings. The van der Waals surface area contributed by atoms with Gasteiger partial charge in [-0.2, -0.15) is 0 Å². The van der Waals surface area contributed by atoms with E-state index in [9.17, 15) is 0 Å². The summed E-state index contributed by atoms with van der Waals surface area (Å²) in [5.41, 5.74) is 0. The molecule has 4 heteroatoms. The maximum absolute atomic E-state index is 5.52. The highest BCUT2D eigenvalue weighted by atomic mass is 16.5. The lowest BCUT2D eigenvalue weighted by molar-refractivity contribution is -0.0363. The van der Waals surface area contributed by atoms with Crippen LogP contribution in [-0.2, 0) is 9.47 Å². The number of rotatable bonds is 2. The average Bonchev–Trinajstić information content (AvgIpc) is 1.88. The number of morpholine rings is 1. The molecule has 1 saturated heterocycles. The summed E-state index contributed by atoms with van der Waals surface area (Å²) in [5, 5.41) is 3.14. The van der Waals surface area contributed by atoms with Crippen LogP contribution in [0, 0.1) is 0 Å². The van der Waals surface area contributed by atoms with Gasteiger partial charge in [0.25, 0.3) is 0 Å². The lowest BCUT2D eigenvalue weighted by Crippen LogP contribution is -2.46. The summed E-state index contributed by atoms with van der Waals surface area (Å²) >= 11 is 0. The molecule has 0 saturated carbocycles. The fraction of sp³-hybridized carbons (Fsp3) is 1.00. The molecule has 0 amide bonds. The highest BCUT2D eigenvalue weighted by molar-refractivity contribution is 6.11. The summed E-state index contributed by atoms with van der Waals surface area (Å²) in [6.45, 7) is 2.18. The highest BCUT2D eigenvalue weighted by Gasteiger charge is 2.17. The topological polar surface area (TPSA) is 30.5 Å². The van der Waals surface area contributed by atoms with Gasteiger partial charge in [-0.25, -0.2) is 0 Å². The second-order valence-corrected chi connectivity index (χ2v) is 2.41. The Kier molecular flexibility index (Phi) is 3.18. The predicted molar refractivity (Wildman–Crippen MR) is 39.2 cm³/mol. The minimum Gasteiger partial charge on any atom is -0.382 e. The van der Waals surface area contributed by atoms with E-state index in [1.807, 2.05) is 0 Å². The Morgan fingerprint density at radius 3 is 3.10 bits per heavy atom. The fourth-order valence-electron chi connectivity index (χ4n) is 1.01. The van der Waals surface area contributed by atoms with Gasteiger partial charge in [0.15, 0.2) is 0 Å². The van der Waals surface area contributed by atoms with Crippen LogP contribution in [0.3, 0.4) is 0 Å². The van der Waals surface area contributed by atoms with E-state index in [0.717, 1.165) is 13.1 Å². The van der Waals surface area contributed by atoms with E-state index in [-0.39, 0.29) is 12.1 Å². The van der Waals surface area contributed by atoms with E-state index >= 15 is 0 Å². The van der Waals surface area contributed by atoms with E-state index in [4.69, 9.17) is 17.3 Å². The van der Waals surface area contributed by atoms with Crippen LogP contribution >= 0.6 is 0 Å². The van der Waals surface area contributed by atoms with Gasteiger partial charge in [-0.15, -0.1) is 0 Å². The Labute approximate surface area is 62.5 Å². The van der Waals surface area contributed by atoms with Crippen molar-refractivity contribution in [3.05, 3.63) is 0 Å². The molecule has 0 spiro atoms. The second kappa shape index (κ2) is 3.96. The van der Waals surface area contributed by atoms with Crippen LogP contribution in [0.5, 0.6) is 0 Å². The molecular weight excluding hydrogens is 129 g/mol. The second-order valence-electron chi connectivity index (χ2n) is 2.41. The van der Waals surface area contributed by atoms with E-state index in [0.29, 0.717) is 6.61 Å². The summed E-state index contributed by atoms with van der Waals surface area (Å²) in [6, 6.07) is -0.172. The van der Waals surface area contributed by atoms with Crippen molar-refractivity contribution in [2.45, 2.75) is 12.1 Å². The summed E-state index contributed by atoms with van der Waals surface area (Å²) in [5.74, 6) is 0. The molecule has 1 aliphatic heterocycles. The van der Waals surface area contributed by atoms with Crippen molar-refractivity contribution in [3.63, 3.8) is 0 Å². The monoisotopic (exact) mass is 141 g/mol. The van der Waals surface area contributed by atoms with Crippen molar-refractivity contribution < 1.29 is 9.47 Å². The number of hydrogen-bond acceptors (Lipinski definition) is 3. The van der Waals surface area contributed by atoms with E-state index in [1.54, 1.807) is 7.11 Å². The van der Waals surface area contributed by atoms with Crippen LogP contribution in [-0.4, -0.2) is 46.8 Å². The van der Waals surface area contributed by atoms with Crippen LogP contribution in [0.2, 0.25) is 0 Å². The first-order chi connectivity index (χ1) is 4.83. The number of methoxy groups -OCH3 is 1. The molecule has 3 nitrogen and oxygen atoms in total. The Morgan fingerprint density at radius 2 is 2.50 bits per heavy atom. The van der Waals surface area contributed by atoms with Gasteiger partial charge in [0.2, 0.25) is 0 Å². The van der Waals surface area contributed by atoms with Crippen LogP contribution in [0.1, 0.15) is 0 Å². The lowest BCUT2D eigenvalue weighted by atomic mass is 9.98. The molecule has 2 atom stereocenters. The summed E-state index contributed by atoms with van der Waals surface area (Å²) < 4.78 is 10.2. The predicted octanol–water partition coefficient (Wildman–Crippen LogP) is -0.884. The first-order valence-electron chi connectivity index (χ1n) is 3.43. The zero-order valence-electron chi connectivity index (χ0n) is 6.17. The van der Waals surface area contributed by atoms with Gasteiger partial charge in [0.05, 0.1) is 12.7 Å². The van der Waals surface area contributed by atoms with Gasteiger partial charge < -0.3 is 14.8 Å². The Morgan fingerprint density at radius 1 is 1.70 bits per heavy atom. The van der Waals surface area contributed by atoms with E-state index < -0.39 is 0 Å². The van der Waals surface area contributed by atoms with Crippen LogP contribution < -0.4 is 5.32 Å². The van der Waals surface area contributed by atoms with Crippen LogP contribution in [0.25, 0.3) is 0 Å². The molecule has 1 aliphatic rings. The van der Waals surface area contributed by atoms with Gasteiger partial charge in [-0.1, -0.05) is 0 Å². The van der Waals surface area contributed by atoms with Gasteiger partial charge in [-0.3, -0.25) is 0 Å². The van der Waals surface area contributed by atoms with Gasteiger partial charge in [0.1, 0.15) is 7.85 Å². The van der Waals surface area contributed by atoms with Crippen molar-refractivity contribution in [1.82, 2.24) is 5.32 Å². The summed E-state index contributed by atoms with van der Waals surface area (Å²) in [6.07, 6.45) is 0.119. The molecule has 10 heavy (non-hydrogen) atoms.